The number of nitrogens with one attached hydrogen (secondary N) is 1. The molecule has 1 aliphatic carbocycles. The van der Waals surface area contributed by atoms with E-state index < -0.39 is 5.54 Å². The quantitative estimate of drug-likeness (QED) is 0.940. The van der Waals surface area contributed by atoms with Crippen molar-refractivity contribution in [3.05, 3.63) is 42.3 Å². The third kappa shape index (κ3) is 3.01. The molecular formula is C17H17N3O2. The molecule has 22 heavy (non-hydrogen) atoms. The highest BCUT2D eigenvalue weighted by Gasteiger charge is 2.35. The number of oxazole rings is 1. The van der Waals surface area contributed by atoms with E-state index in [9.17, 15) is 10.1 Å². The summed E-state index contributed by atoms with van der Waals surface area (Å²) in [4.78, 5) is 16.5. The Bertz CT molecular complexity index is 694. The van der Waals surface area contributed by atoms with Crippen molar-refractivity contribution in [1.82, 2.24) is 10.3 Å². The first-order valence-electron chi connectivity index (χ1n) is 7.43. The number of hydrogen-bond donors (Lipinski definition) is 1. The Balaban J connectivity index is 1.65. The van der Waals surface area contributed by atoms with Gasteiger partial charge in [-0.15, -0.1) is 0 Å². The van der Waals surface area contributed by atoms with E-state index in [1.165, 1.54) is 6.26 Å². The Hall–Kier alpha value is -2.61. The highest BCUT2D eigenvalue weighted by atomic mass is 16.3. The van der Waals surface area contributed by atoms with Crippen LogP contribution >= 0.6 is 0 Å². The van der Waals surface area contributed by atoms with Crippen molar-refractivity contribution in [2.75, 3.05) is 0 Å². The number of aromatic nitrogens is 1. The maximum atomic E-state index is 12.1. The Morgan fingerprint density at radius 3 is 2.73 bits per heavy atom. The highest BCUT2D eigenvalue weighted by Crippen LogP contribution is 2.29. The van der Waals surface area contributed by atoms with Crippen LogP contribution in [-0.2, 0) is 11.2 Å². The Labute approximate surface area is 129 Å². The first-order valence-corrected chi connectivity index (χ1v) is 7.43. The predicted octanol–water partition coefficient (Wildman–Crippen LogP) is 2.84. The molecule has 5 nitrogen and oxygen atoms in total. The molecule has 112 valence electrons. The fraction of sp³-hybridized carbons (Fsp3) is 0.353. The normalized spacial score (nSPS) is 16.1. The molecule has 1 heterocycles. The zero-order chi connectivity index (χ0) is 15.4. The molecule has 5 heteroatoms. The number of carbonyl (C=O) groups excluding carboxylic acids is 1. The van der Waals surface area contributed by atoms with Gasteiger partial charge in [-0.3, -0.25) is 4.79 Å². The van der Waals surface area contributed by atoms with Crippen LogP contribution in [0, 0.1) is 11.3 Å². The third-order valence-electron chi connectivity index (χ3n) is 3.96. The van der Waals surface area contributed by atoms with Gasteiger partial charge in [0.15, 0.2) is 0 Å². The van der Waals surface area contributed by atoms with Gasteiger partial charge in [0.1, 0.15) is 11.8 Å². The van der Waals surface area contributed by atoms with E-state index in [0.717, 1.165) is 31.2 Å². The number of rotatable bonds is 4. The molecule has 1 saturated carbocycles. The second-order valence-corrected chi connectivity index (χ2v) is 5.64. The van der Waals surface area contributed by atoms with Crippen LogP contribution in [0.15, 0.2) is 41.0 Å². The largest absolute Gasteiger partial charge is 0.444 e. The van der Waals surface area contributed by atoms with E-state index in [4.69, 9.17) is 4.42 Å². The lowest BCUT2D eigenvalue weighted by Gasteiger charge is -2.21. The summed E-state index contributed by atoms with van der Waals surface area (Å²) in [5, 5.41) is 12.1. The van der Waals surface area contributed by atoms with Gasteiger partial charge < -0.3 is 9.73 Å². The molecule has 1 aliphatic rings. The van der Waals surface area contributed by atoms with Gasteiger partial charge in [0, 0.05) is 5.56 Å². The summed E-state index contributed by atoms with van der Waals surface area (Å²) in [5.74, 6) is 0.315. The topological polar surface area (TPSA) is 78.9 Å². The zero-order valence-corrected chi connectivity index (χ0v) is 12.2. The summed E-state index contributed by atoms with van der Waals surface area (Å²) in [6, 6.07) is 11.8. The van der Waals surface area contributed by atoms with Crippen LogP contribution in [0.4, 0.5) is 0 Å². The van der Waals surface area contributed by atoms with Crippen molar-refractivity contribution in [3.8, 4) is 17.5 Å². The minimum atomic E-state index is -0.691. The Kier molecular flexibility index (Phi) is 3.92. The van der Waals surface area contributed by atoms with E-state index in [-0.39, 0.29) is 12.3 Å². The molecule has 0 unspecified atom stereocenters. The molecule has 0 spiro atoms. The van der Waals surface area contributed by atoms with Gasteiger partial charge in [0.05, 0.1) is 18.2 Å². The lowest BCUT2D eigenvalue weighted by Crippen LogP contribution is -2.45. The molecule has 0 aliphatic heterocycles. The first kappa shape index (κ1) is 14.3. The van der Waals surface area contributed by atoms with E-state index in [2.05, 4.69) is 16.4 Å². The smallest absolute Gasteiger partial charge is 0.227 e. The molecule has 0 radical (unpaired) electrons. The molecular weight excluding hydrogens is 278 g/mol. The second kappa shape index (κ2) is 6.02. The molecule has 3 rings (SSSR count). The maximum absolute atomic E-state index is 12.1. The number of hydrogen-bond acceptors (Lipinski definition) is 4. The van der Waals surface area contributed by atoms with E-state index in [0.29, 0.717) is 11.6 Å². The number of carbonyl (C=O) groups is 1. The molecule has 1 aromatic heterocycles. The van der Waals surface area contributed by atoms with Crippen LogP contribution in [-0.4, -0.2) is 16.4 Å². The Morgan fingerprint density at radius 1 is 1.32 bits per heavy atom. The predicted molar refractivity (Wildman–Crippen MR) is 80.6 cm³/mol. The fourth-order valence-electron chi connectivity index (χ4n) is 2.82. The summed E-state index contributed by atoms with van der Waals surface area (Å²) < 4.78 is 5.42. The lowest BCUT2D eigenvalue weighted by molar-refractivity contribution is -0.121. The minimum Gasteiger partial charge on any atom is -0.444 e. The van der Waals surface area contributed by atoms with Gasteiger partial charge in [0.2, 0.25) is 11.8 Å². The van der Waals surface area contributed by atoms with Crippen LogP contribution in [0.3, 0.4) is 0 Å². The van der Waals surface area contributed by atoms with Crippen molar-refractivity contribution >= 4 is 5.91 Å². The molecule has 1 fully saturated rings. The highest BCUT2D eigenvalue weighted by molar-refractivity contribution is 5.79. The lowest BCUT2D eigenvalue weighted by atomic mass is 9.99. The van der Waals surface area contributed by atoms with Crippen molar-refractivity contribution in [3.63, 3.8) is 0 Å². The summed E-state index contributed by atoms with van der Waals surface area (Å²) in [7, 11) is 0. The van der Waals surface area contributed by atoms with Crippen LogP contribution in [0.5, 0.6) is 0 Å². The minimum absolute atomic E-state index is 0.125. The van der Waals surface area contributed by atoms with Gasteiger partial charge in [-0.2, -0.15) is 5.26 Å². The molecule has 0 atom stereocenters. The van der Waals surface area contributed by atoms with Gasteiger partial charge in [0.25, 0.3) is 0 Å². The molecule has 1 amide bonds. The summed E-state index contributed by atoms with van der Waals surface area (Å²) in [6.45, 7) is 0. The van der Waals surface area contributed by atoms with Gasteiger partial charge in [-0.1, -0.05) is 18.2 Å². The second-order valence-electron chi connectivity index (χ2n) is 5.64. The van der Waals surface area contributed by atoms with E-state index in [1.807, 2.05) is 30.3 Å². The van der Waals surface area contributed by atoms with Crippen LogP contribution in [0.2, 0.25) is 0 Å². The monoisotopic (exact) mass is 295 g/mol. The van der Waals surface area contributed by atoms with E-state index >= 15 is 0 Å². The summed E-state index contributed by atoms with van der Waals surface area (Å²) >= 11 is 0. The number of nitrogens with zero attached hydrogens (tertiary/aromatic N) is 2. The van der Waals surface area contributed by atoms with E-state index in [1.54, 1.807) is 0 Å². The number of nitriles is 1. The average molecular weight is 295 g/mol. The van der Waals surface area contributed by atoms with Crippen LogP contribution < -0.4 is 5.32 Å². The standard InChI is InChI=1S/C17H17N3O2/c18-12-17(8-4-5-9-17)20-15(21)10-14-11-22-16(19-14)13-6-2-1-3-7-13/h1-3,6-7,11H,4-5,8-10H2,(H,20,21). The number of amides is 1. The fourth-order valence-corrected chi connectivity index (χ4v) is 2.82. The summed E-state index contributed by atoms with van der Waals surface area (Å²) in [5.41, 5.74) is 0.754. The van der Waals surface area contributed by atoms with Crippen molar-refractivity contribution < 1.29 is 9.21 Å². The van der Waals surface area contributed by atoms with Gasteiger partial charge in [-0.05, 0) is 37.8 Å². The van der Waals surface area contributed by atoms with Crippen molar-refractivity contribution in [2.45, 2.75) is 37.6 Å². The van der Waals surface area contributed by atoms with Crippen LogP contribution in [0.25, 0.3) is 11.5 Å². The average Bonchev–Trinajstić information content (AvgIpc) is 3.18. The summed E-state index contributed by atoms with van der Waals surface area (Å²) in [6.07, 6.45) is 5.04. The SMILES string of the molecule is N#CC1(NC(=O)Cc2coc(-c3ccccc3)n2)CCCC1. The molecule has 2 aromatic rings. The molecule has 1 aromatic carbocycles. The van der Waals surface area contributed by atoms with Gasteiger partial charge >= 0.3 is 0 Å². The molecule has 0 saturated heterocycles. The van der Waals surface area contributed by atoms with Gasteiger partial charge in [-0.25, -0.2) is 4.98 Å². The van der Waals surface area contributed by atoms with Crippen molar-refractivity contribution in [2.24, 2.45) is 0 Å². The molecule has 0 bridgehead atoms. The zero-order valence-electron chi connectivity index (χ0n) is 12.2. The third-order valence-corrected chi connectivity index (χ3v) is 3.96. The Morgan fingerprint density at radius 2 is 2.05 bits per heavy atom. The first-order chi connectivity index (χ1) is 10.7. The van der Waals surface area contributed by atoms with Crippen LogP contribution in [0.1, 0.15) is 31.4 Å². The number of benzene rings is 1. The molecule has 1 N–H and O–H groups in total. The van der Waals surface area contributed by atoms with Crippen molar-refractivity contribution in [1.29, 1.82) is 5.26 Å². The maximum Gasteiger partial charge on any atom is 0.227 e.